The van der Waals surface area contributed by atoms with E-state index in [1.54, 1.807) is 29.2 Å². The van der Waals surface area contributed by atoms with Crippen LogP contribution in [0.1, 0.15) is 46.6 Å². The van der Waals surface area contributed by atoms with Crippen LogP contribution in [-0.2, 0) is 30.8 Å². The molecule has 1 saturated heterocycles. The Bertz CT molecular complexity index is 1390. The molecule has 3 aliphatic rings. The van der Waals surface area contributed by atoms with Crippen LogP contribution in [0.5, 0.6) is 11.5 Å². The molecule has 6 bridgehead atoms. The number of nitriles is 1. The first-order valence-electron chi connectivity index (χ1n) is 12.6. The number of piperazine rings is 1. The number of benzene rings is 2. The van der Waals surface area contributed by atoms with E-state index < -0.39 is 12.6 Å². The fraction of sp³-hybridized carbons (Fsp3) is 0.393. The van der Waals surface area contributed by atoms with Crippen molar-refractivity contribution >= 4 is 5.91 Å². The van der Waals surface area contributed by atoms with Crippen LogP contribution in [0.15, 0.2) is 42.6 Å². The first-order valence-corrected chi connectivity index (χ1v) is 12.6. The normalized spacial score (nSPS) is 17.6. The minimum atomic E-state index is -4.22. The Hall–Kier alpha value is -3.84. The van der Waals surface area contributed by atoms with Gasteiger partial charge >= 0.3 is 6.18 Å². The number of fused-ring (bicyclic) bond motifs is 2. The molecule has 4 heterocycles. The second-order valence-corrected chi connectivity index (χ2v) is 9.85. The highest BCUT2D eigenvalue weighted by Crippen LogP contribution is 2.31. The van der Waals surface area contributed by atoms with Crippen molar-refractivity contribution in [3.05, 3.63) is 76.4 Å². The van der Waals surface area contributed by atoms with Gasteiger partial charge < -0.3 is 14.2 Å². The van der Waals surface area contributed by atoms with E-state index in [1.807, 2.05) is 25.3 Å². The van der Waals surface area contributed by atoms with E-state index >= 15 is 0 Å². The van der Waals surface area contributed by atoms with Crippen LogP contribution in [-0.4, -0.2) is 51.1 Å². The van der Waals surface area contributed by atoms with Crippen molar-refractivity contribution in [2.75, 3.05) is 19.6 Å². The van der Waals surface area contributed by atoms with Gasteiger partial charge in [-0.3, -0.25) is 9.69 Å². The molecule has 2 aromatic carbocycles. The predicted octanol–water partition coefficient (Wildman–Crippen LogP) is 4.95. The SMILES string of the molecule is Cc1ncc2n1Cc1ccc(C#N)c(c1)Oc1ccc(CCCC(F)(F)F)c(c1)CN1CCN(CC1=O)C2. The molecule has 1 atom stereocenters. The molecule has 0 spiro atoms. The summed E-state index contributed by atoms with van der Waals surface area (Å²) in [7, 11) is 0. The lowest BCUT2D eigenvalue weighted by molar-refractivity contribution is -0.137. The Morgan fingerprint density at radius 1 is 1.08 bits per heavy atom. The van der Waals surface area contributed by atoms with E-state index in [-0.39, 0.29) is 31.8 Å². The molecule has 0 saturated carbocycles. The largest absolute Gasteiger partial charge is 0.456 e. The molecule has 1 unspecified atom stereocenters. The summed E-state index contributed by atoms with van der Waals surface area (Å²) in [5, 5.41) is 9.67. The van der Waals surface area contributed by atoms with Gasteiger partial charge in [-0.2, -0.15) is 18.4 Å². The molecule has 1 amide bonds. The molecule has 198 valence electrons. The summed E-state index contributed by atoms with van der Waals surface area (Å²) in [6.45, 7) is 4.76. The average molecular weight is 524 g/mol. The van der Waals surface area contributed by atoms with Gasteiger partial charge in [-0.1, -0.05) is 12.1 Å². The van der Waals surface area contributed by atoms with Gasteiger partial charge in [-0.25, -0.2) is 4.98 Å². The summed E-state index contributed by atoms with van der Waals surface area (Å²) in [6.07, 6.45) is -3.05. The van der Waals surface area contributed by atoms with Crippen LogP contribution in [0.3, 0.4) is 0 Å². The molecule has 6 rings (SSSR count). The second kappa shape index (κ2) is 10.5. The fourth-order valence-electron chi connectivity index (χ4n) is 5.04. The number of hydrogen-bond acceptors (Lipinski definition) is 5. The highest BCUT2D eigenvalue weighted by Gasteiger charge is 2.28. The Morgan fingerprint density at radius 3 is 2.68 bits per heavy atom. The maximum absolute atomic E-state index is 13.1. The lowest BCUT2D eigenvalue weighted by atomic mass is 10.0. The molecule has 0 N–H and O–H groups in total. The topological polar surface area (TPSA) is 74.4 Å². The summed E-state index contributed by atoms with van der Waals surface area (Å²) in [6, 6.07) is 12.9. The zero-order chi connectivity index (χ0) is 26.9. The zero-order valence-electron chi connectivity index (χ0n) is 21.1. The van der Waals surface area contributed by atoms with Crippen LogP contribution < -0.4 is 4.74 Å². The third kappa shape index (κ3) is 5.83. The summed E-state index contributed by atoms with van der Waals surface area (Å²) in [5.74, 6) is 1.68. The molecule has 1 aromatic heterocycles. The van der Waals surface area contributed by atoms with E-state index in [1.165, 1.54) is 0 Å². The van der Waals surface area contributed by atoms with Gasteiger partial charge in [0.25, 0.3) is 0 Å². The van der Waals surface area contributed by atoms with Gasteiger partial charge in [0.2, 0.25) is 5.91 Å². The summed E-state index contributed by atoms with van der Waals surface area (Å²) >= 11 is 0. The predicted molar refractivity (Wildman–Crippen MR) is 133 cm³/mol. The van der Waals surface area contributed by atoms with Crippen molar-refractivity contribution < 1.29 is 22.7 Å². The average Bonchev–Trinajstić information content (AvgIpc) is 3.19. The fourth-order valence-corrected chi connectivity index (χ4v) is 5.04. The van der Waals surface area contributed by atoms with Crippen LogP contribution in [0.4, 0.5) is 13.2 Å². The number of amides is 1. The van der Waals surface area contributed by atoms with Gasteiger partial charge in [-0.15, -0.1) is 0 Å². The number of imidazole rings is 1. The van der Waals surface area contributed by atoms with Crippen LogP contribution in [0, 0.1) is 18.3 Å². The summed E-state index contributed by atoms with van der Waals surface area (Å²) in [4.78, 5) is 21.4. The Balaban J connectivity index is 1.53. The van der Waals surface area contributed by atoms with Crippen molar-refractivity contribution in [1.82, 2.24) is 19.4 Å². The van der Waals surface area contributed by atoms with Crippen molar-refractivity contribution in [2.45, 2.75) is 52.0 Å². The molecule has 3 aromatic rings. The number of hydrogen-bond donors (Lipinski definition) is 0. The van der Waals surface area contributed by atoms with E-state index in [4.69, 9.17) is 4.74 Å². The number of carbonyl (C=O) groups excluding carboxylic acids is 1. The van der Waals surface area contributed by atoms with E-state index in [2.05, 4.69) is 20.5 Å². The molecule has 10 heteroatoms. The van der Waals surface area contributed by atoms with Gasteiger partial charge in [-0.05, 0) is 60.7 Å². The van der Waals surface area contributed by atoms with Crippen LogP contribution >= 0.6 is 0 Å². The maximum Gasteiger partial charge on any atom is 0.389 e. The number of aryl methyl sites for hydroxylation is 2. The molecular formula is C28H28F3N5O2. The molecule has 7 nitrogen and oxygen atoms in total. The van der Waals surface area contributed by atoms with Gasteiger partial charge in [0.15, 0.2) is 0 Å². The molecule has 3 aliphatic heterocycles. The molecular weight excluding hydrogens is 495 g/mol. The zero-order valence-corrected chi connectivity index (χ0v) is 21.1. The minimum absolute atomic E-state index is 0.0318. The lowest BCUT2D eigenvalue weighted by Crippen LogP contribution is -2.49. The summed E-state index contributed by atoms with van der Waals surface area (Å²) in [5.41, 5.74) is 3.80. The lowest BCUT2D eigenvalue weighted by Gasteiger charge is -2.35. The molecule has 38 heavy (non-hydrogen) atoms. The smallest absolute Gasteiger partial charge is 0.389 e. The van der Waals surface area contributed by atoms with Crippen LogP contribution in [0.25, 0.3) is 0 Å². The highest BCUT2D eigenvalue weighted by atomic mass is 19.4. The standard InChI is InChI=1S/C28H28F3N5O2/c1-19-33-14-24-17-34-9-10-35(27(37)18-34)16-23-12-25(7-6-21(23)3-2-8-28(29,30)31)38-26-11-20(15-36(19)24)4-5-22(26)13-32/h4-7,11-12,14H,2-3,8-10,15-18H2,1H3. The van der Waals surface area contributed by atoms with E-state index in [9.17, 15) is 23.2 Å². The number of aromatic nitrogens is 2. The number of alkyl halides is 3. The Morgan fingerprint density at radius 2 is 1.92 bits per heavy atom. The summed E-state index contributed by atoms with van der Waals surface area (Å²) < 4.78 is 46.6. The minimum Gasteiger partial charge on any atom is -0.456 e. The molecule has 0 aliphatic carbocycles. The van der Waals surface area contributed by atoms with Gasteiger partial charge in [0.05, 0.1) is 17.8 Å². The van der Waals surface area contributed by atoms with Gasteiger partial charge in [0, 0.05) is 45.3 Å². The highest BCUT2D eigenvalue weighted by molar-refractivity contribution is 5.79. The third-order valence-electron chi connectivity index (χ3n) is 7.10. The van der Waals surface area contributed by atoms with E-state index in [0.29, 0.717) is 43.2 Å². The van der Waals surface area contributed by atoms with E-state index in [0.717, 1.165) is 28.2 Å². The Labute approximate surface area is 219 Å². The van der Waals surface area contributed by atoms with Crippen LogP contribution in [0.2, 0.25) is 0 Å². The van der Waals surface area contributed by atoms with Crippen molar-refractivity contribution in [3.8, 4) is 17.6 Å². The number of halogens is 3. The first-order chi connectivity index (χ1) is 18.2. The second-order valence-electron chi connectivity index (χ2n) is 9.85. The van der Waals surface area contributed by atoms with Crippen molar-refractivity contribution in [2.24, 2.45) is 0 Å². The van der Waals surface area contributed by atoms with Gasteiger partial charge in [0.1, 0.15) is 23.4 Å². The quantitative estimate of drug-likeness (QED) is 0.486. The number of nitrogens with zero attached hydrogens (tertiary/aromatic N) is 5. The monoisotopic (exact) mass is 523 g/mol. The number of rotatable bonds is 3. The Kier molecular flexibility index (Phi) is 7.13. The van der Waals surface area contributed by atoms with Crippen molar-refractivity contribution in [1.29, 1.82) is 5.26 Å². The number of ether oxygens (including phenoxy) is 1. The molecule has 0 radical (unpaired) electrons. The third-order valence-corrected chi connectivity index (χ3v) is 7.10. The maximum atomic E-state index is 13.1. The first kappa shape index (κ1) is 25.8. The van der Waals surface area contributed by atoms with Crippen molar-refractivity contribution in [3.63, 3.8) is 0 Å². The number of carbonyl (C=O) groups is 1. The molecule has 1 fully saturated rings.